The summed E-state index contributed by atoms with van der Waals surface area (Å²) in [5.74, 6) is -3.71. The van der Waals surface area contributed by atoms with Gasteiger partial charge in [-0.1, -0.05) is 11.6 Å². The van der Waals surface area contributed by atoms with E-state index in [-0.39, 0.29) is 27.9 Å². The van der Waals surface area contributed by atoms with Gasteiger partial charge in [0.05, 0.1) is 28.6 Å². The van der Waals surface area contributed by atoms with Crippen molar-refractivity contribution in [1.29, 1.82) is 5.26 Å². The number of halogens is 5. The molecule has 0 aliphatic rings. The maximum absolute atomic E-state index is 14.4. The SMILES string of the molecule is Cc1nc(Cl)c(-c2c(F)cc(C#N)cc2F)n1-c1ccc(F)cc1F. The summed E-state index contributed by atoms with van der Waals surface area (Å²) in [6.07, 6.45) is 0. The lowest BCUT2D eigenvalue weighted by Gasteiger charge is -2.13. The second-order valence-electron chi connectivity index (χ2n) is 5.16. The fraction of sp³-hybridized carbons (Fsp3) is 0.0588. The van der Waals surface area contributed by atoms with Gasteiger partial charge in [-0.3, -0.25) is 4.57 Å². The summed E-state index contributed by atoms with van der Waals surface area (Å²) in [5, 5.41) is 8.53. The molecule has 0 bridgehead atoms. The smallest absolute Gasteiger partial charge is 0.155 e. The van der Waals surface area contributed by atoms with Gasteiger partial charge in [0, 0.05) is 6.07 Å². The molecule has 0 unspecified atom stereocenters. The molecule has 3 rings (SSSR count). The summed E-state index contributed by atoms with van der Waals surface area (Å²) >= 11 is 6.01. The van der Waals surface area contributed by atoms with Crippen LogP contribution in [0.3, 0.4) is 0 Å². The van der Waals surface area contributed by atoms with E-state index in [9.17, 15) is 17.6 Å². The van der Waals surface area contributed by atoms with Gasteiger partial charge in [0.25, 0.3) is 0 Å². The first-order valence-corrected chi connectivity index (χ1v) is 7.31. The highest BCUT2D eigenvalue weighted by Crippen LogP contribution is 2.36. The number of hydrogen-bond acceptors (Lipinski definition) is 2. The van der Waals surface area contributed by atoms with Gasteiger partial charge in [-0.25, -0.2) is 22.5 Å². The van der Waals surface area contributed by atoms with Crippen LogP contribution in [-0.4, -0.2) is 9.55 Å². The molecule has 0 spiro atoms. The molecule has 3 nitrogen and oxygen atoms in total. The molecule has 1 aromatic heterocycles. The van der Waals surface area contributed by atoms with Crippen molar-refractivity contribution in [3.05, 3.63) is 70.1 Å². The first-order chi connectivity index (χ1) is 11.8. The number of aromatic nitrogens is 2. The molecule has 126 valence electrons. The molecule has 0 amide bonds. The summed E-state index contributed by atoms with van der Waals surface area (Å²) in [7, 11) is 0. The molecular formula is C17H8ClF4N3. The number of hydrogen-bond donors (Lipinski definition) is 0. The largest absolute Gasteiger partial charge is 0.292 e. The van der Waals surface area contributed by atoms with E-state index >= 15 is 0 Å². The van der Waals surface area contributed by atoms with Crippen LogP contribution in [0.25, 0.3) is 16.9 Å². The van der Waals surface area contributed by atoms with Crippen LogP contribution in [0.4, 0.5) is 17.6 Å². The molecule has 0 N–H and O–H groups in total. The lowest BCUT2D eigenvalue weighted by atomic mass is 10.1. The van der Waals surface area contributed by atoms with Gasteiger partial charge in [0.1, 0.15) is 29.1 Å². The average Bonchev–Trinajstić information content (AvgIpc) is 2.81. The van der Waals surface area contributed by atoms with E-state index in [1.807, 2.05) is 0 Å². The topological polar surface area (TPSA) is 41.6 Å². The van der Waals surface area contributed by atoms with Crippen molar-refractivity contribution in [2.75, 3.05) is 0 Å². The molecule has 0 fully saturated rings. The predicted octanol–water partition coefficient (Wildman–Crippen LogP) is 4.93. The molecule has 0 aliphatic heterocycles. The Bertz CT molecular complexity index is 1010. The molecule has 0 saturated carbocycles. The van der Waals surface area contributed by atoms with Crippen LogP contribution in [0.15, 0.2) is 30.3 Å². The zero-order valence-corrected chi connectivity index (χ0v) is 13.4. The third-order valence-electron chi connectivity index (χ3n) is 3.56. The fourth-order valence-electron chi connectivity index (χ4n) is 2.54. The molecular weight excluding hydrogens is 358 g/mol. The Labute approximate surface area is 144 Å². The van der Waals surface area contributed by atoms with Crippen molar-refractivity contribution in [3.63, 3.8) is 0 Å². The second kappa shape index (κ2) is 6.22. The highest BCUT2D eigenvalue weighted by atomic mass is 35.5. The van der Waals surface area contributed by atoms with Crippen molar-refractivity contribution in [1.82, 2.24) is 9.55 Å². The third-order valence-corrected chi connectivity index (χ3v) is 3.82. The van der Waals surface area contributed by atoms with Gasteiger partial charge >= 0.3 is 0 Å². The lowest BCUT2D eigenvalue weighted by Crippen LogP contribution is -2.05. The highest BCUT2D eigenvalue weighted by Gasteiger charge is 2.25. The first kappa shape index (κ1) is 17.0. The van der Waals surface area contributed by atoms with Gasteiger partial charge < -0.3 is 0 Å². The lowest BCUT2D eigenvalue weighted by molar-refractivity contribution is 0.574. The van der Waals surface area contributed by atoms with Crippen LogP contribution in [0, 0.1) is 41.5 Å². The minimum atomic E-state index is -1.05. The molecule has 2 aromatic carbocycles. The monoisotopic (exact) mass is 365 g/mol. The van der Waals surface area contributed by atoms with E-state index in [2.05, 4.69) is 4.98 Å². The Hall–Kier alpha value is -2.85. The van der Waals surface area contributed by atoms with Crippen molar-refractivity contribution in [2.24, 2.45) is 0 Å². The second-order valence-corrected chi connectivity index (χ2v) is 5.51. The molecule has 1 heterocycles. The van der Waals surface area contributed by atoms with Crippen molar-refractivity contribution < 1.29 is 17.6 Å². The molecule has 0 atom stereocenters. The predicted molar refractivity (Wildman–Crippen MR) is 83.3 cm³/mol. The minimum absolute atomic E-state index is 0.147. The van der Waals surface area contributed by atoms with Crippen molar-refractivity contribution in [2.45, 2.75) is 6.92 Å². The number of imidazole rings is 1. The average molecular weight is 366 g/mol. The Morgan fingerprint density at radius 1 is 1.04 bits per heavy atom. The molecule has 0 aliphatic carbocycles. The van der Waals surface area contributed by atoms with Crippen LogP contribution < -0.4 is 0 Å². The standard InChI is InChI=1S/C17H8ClF4N3/c1-8-24-17(18)16(15-12(21)4-9(7-23)5-13(15)22)25(8)14-3-2-10(19)6-11(14)20/h2-6H,1H3. The molecule has 3 aromatic rings. The Morgan fingerprint density at radius 2 is 1.68 bits per heavy atom. The summed E-state index contributed by atoms with van der Waals surface area (Å²) in [4.78, 5) is 3.92. The highest BCUT2D eigenvalue weighted by molar-refractivity contribution is 6.32. The Kier molecular flexibility index (Phi) is 4.23. The first-order valence-electron chi connectivity index (χ1n) is 6.93. The summed E-state index contributed by atoms with van der Waals surface area (Å²) in [6, 6.07) is 6.05. The number of rotatable bonds is 2. The van der Waals surface area contributed by atoms with Gasteiger partial charge in [0.15, 0.2) is 5.15 Å². The van der Waals surface area contributed by atoms with E-state index in [4.69, 9.17) is 16.9 Å². The molecule has 0 saturated heterocycles. The van der Waals surface area contributed by atoms with Crippen LogP contribution in [0.5, 0.6) is 0 Å². The zero-order chi connectivity index (χ0) is 18.3. The summed E-state index contributed by atoms with van der Waals surface area (Å²) < 4.78 is 57.2. The summed E-state index contributed by atoms with van der Waals surface area (Å²) in [6.45, 7) is 1.46. The Balaban J connectivity index is 2.35. The van der Waals surface area contributed by atoms with Crippen LogP contribution in [0.1, 0.15) is 11.4 Å². The van der Waals surface area contributed by atoms with E-state index < -0.39 is 28.8 Å². The zero-order valence-electron chi connectivity index (χ0n) is 12.6. The van der Waals surface area contributed by atoms with Gasteiger partial charge in [-0.15, -0.1) is 0 Å². The number of benzene rings is 2. The van der Waals surface area contributed by atoms with E-state index in [1.165, 1.54) is 6.92 Å². The van der Waals surface area contributed by atoms with Crippen molar-refractivity contribution in [3.8, 4) is 23.0 Å². The normalized spacial score (nSPS) is 10.8. The van der Waals surface area contributed by atoms with Crippen LogP contribution >= 0.6 is 11.6 Å². The number of aryl methyl sites for hydroxylation is 1. The van der Waals surface area contributed by atoms with E-state index in [0.717, 1.165) is 28.8 Å². The maximum atomic E-state index is 14.4. The number of nitrogens with zero attached hydrogens (tertiary/aromatic N) is 3. The summed E-state index contributed by atoms with van der Waals surface area (Å²) in [5.41, 5.74) is -1.18. The van der Waals surface area contributed by atoms with Gasteiger partial charge in [-0.2, -0.15) is 5.26 Å². The molecule has 0 radical (unpaired) electrons. The molecule has 8 heteroatoms. The maximum Gasteiger partial charge on any atom is 0.155 e. The van der Waals surface area contributed by atoms with Gasteiger partial charge in [-0.05, 0) is 31.2 Å². The van der Waals surface area contributed by atoms with E-state index in [1.54, 1.807) is 6.07 Å². The molecule has 25 heavy (non-hydrogen) atoms. The van der Waals surface area contributed by atoms with Crippen LogP contribution in [-0.2, 0) is 0 Å². The minimum Gasteiger partial charge on any atom is -0.292 e. The number of nitriles is 1. The Morgan fingerprint density at radius 3 is 2.24 bits per heavy atom. The van der Waals surface area contributed by atoms with E-state index in [0.29, 0.717) is 6.07 Å². The fourth-order valence-corrected chi connectivity index (χ4v) is 2.84. The third kappa shape index (κ3) is 2.85. The van der Waals surface area contributed by atoms with Crippen LogP contribution in [0.2, 0.25) is 5.15 Å². The quantitative estimate of drug-likeness (QED) is 0.604. The van der Waals surface area contributed by atoms with Gasteiger partial charge in [0.2, 0.25) is 0 Å². The van der Waals surface area contributed by atoms with Crippen molar-refractivity contribution >= 4 is 11.6 Å².